The molecule has 0 atom stereocenters. The maximum absolute atomic E-state index is 11.9. The number of nitrogens with one attached hydrogen (secondary N) is 2. The van der Waals surface area contributed by atoms with Crippen molar-refractivity contribution in [1.29, 1.82) is 0 Å². The van der Waals surface area contributed by atoms with Crippen molar-refractivity contribution in [2.24, 2.45) is 0 Å². The summed E-state index contributed by atoms with van der Waals surface area (Å²) in [7, 11) is -2.12. The predicted octanol–water partition coefficient (Wildman–Crippen LogP) is -0.152. The topological polar surface area (TPSA) is 100 Å². The van der Waals surface area contributed by atoms with Gasteiger partial charge in [-0.25, -0.2) is 9.71 Å². The lowest BCUT2D eigenvalue weighted by Gasteiger charge is -2.17. The lowest BCUT2D eigenvalue weighted by molar-refractivity contribution is 0.451. The summed E-state index contributed by atoms with van der Waals surface area (Å²) in [6.07, 6.45) is 3.47. The third-order valence-corrected chi connectivity index (χ3v) is 3.76. The third-order valence-electron chi connectivity index (χ3n) is 2.32. The molecule has 8 nitrogen and oxygen atoms in total. The Hall–Kier alpha value is -1.32. The molecule has 0 fully saturated rings. The van der Waals surface area contributed by atoms with Crippen molar-refractivity contribution in [2.75, 3.05) is 24.9 Å². The summed E-state index contributed by atoms with van der Waals surface area (Å²) in [6, 6.07) is 0.392. The van der Waals surface area contributed by atoms with Crippen LogP contribution in [0, 0.1) is 0 Å². The van der Waals surface area contributed by atoms with Gasteiger partial charge in [-0.3, -0.25) is 0 Å². The van der Waals surface area contributed by atoms with Crippen molar-refractivity contribution in [3.8, 4) is 0 Å². The molecule has 0 radical (unpaired) electrons. The maximum Gasteiger partial charge on any atom is 0.303 e. The Labute approximate surface area is 113 Å². The number of nitrogens with zero attached hydrogens (tertiary/aromatic N) is 4. The minimum atomic E-state index is -3.62. The van der Waals surface area contributed by atoms with Gasteiger partial charge in [0, 0.05) is 19.6 Å². The monoisotopic (exact) mass is 288 g/mol. The van der Waals surface area contributed by atoms with Crippen LogP contribution in [0.2, 0.25) is 0 Å². The summed E-state index contributed by atoms with van der Waals surface area (Å²) in [5.41, 5.74) is 0. The summed E-state index contributed by atoms with van der Waals surface area (Å²) in [6.45, 7) is 5.26. The Kier molecular flexibility index (Phi) is 6.06. The lowest BCUT2D eigenvalue weighted by atomic mass is 10.3. The highest BCUT2D eigenvalue weighted by atomic mass is 32.2. The summed E-state index contributed by atoms with van der Waals surface area (Å²) >= 11 is 0. The van der Waals surface area contributed by atoms with E-state index in [1.54, 1.807) is 0 Å². The zero-order valence-corrected chi connectivity index (χ0v) is 12.2. The van der Waals surface area contributed by atoms with Crippen molar-refractivity contribution >= 4 is 16.2 Å². The summed E-state index contributed by atoms with van der Waals surface area (Å²) < 4.78 is 27.3. The molecule has 0 saturated carbocycles. The Morgan fingerprint density at radius 1 is 1.37 bits per heavy atom. The number of hydrogen-bond acceptors (Lipinski definition) is 6. The highest BCUT2D eigenvalue weighted by Crippen LogP contribution is 2.03. The van der Waals surface area contributed by atoms with E-state index < -0.39 is 10.2 Å². The smallest absolute Gasteiger partial charge is 0.303 e. The fraction of sp³-hybridized carbons (Fsp3) is 0.700. The zero-order chi connectivity index (χ0) is 14.3. The number of anilines is 1. The molecule has 0 saturated heterocycles. The van der Waals surface area contributed by atoms with Gasteiger partial charge in [-0.05, 0) is 13.0 Å². The summed E-state index contributed by atoms with van der Waals surface area (Å²) in [5, 5.41) is 10.4. The second kappa shape index (κ2) is 7.31. The highest BCUT2D eigenvalue weighted by Gasteiger charge is 2.18. The molecule has 0 aliphatic heterocycles. The van der Waals surface area contributed by atoms with Gasteiger partial charge >= 0.3 is 10.2 Å². The maximum atomic E-state index is 11.9. The molecule has 1 aromatic heterocycles. The molecule has 19 heavy (non-hydrogen) atoms. The molecule has 0 spiro atoms. The molecule has 108 valence electrons. The molecule has 9 heteroatoms. The summed E-state index contributed by atoms with van der Waals surface area (Å²) in [4.78, 5) is 3.76. The number of rotatable bonds is 8. The normalized spacial score (nSPS) is 12.1. The molecule has 1 heterocycles. The summed E-state index contributed by atoms with van der Waals surface area (Å²) in [5.74, 6) is -0.0327. The van der Waals surface area contributed by atoms with Crippen molar-refractivity contribution in [2.45, 2.75) is 26.3 Å². The van der Waals surface area contributed by atoms with Crippen molar-refractivity contribution in [3.05, 3.63) is 12.4 Å². The molecule has 0 aliphatic rings. The molecule has 0 aromatic carbocycles. The van der Waals surface area contributed by atoms with E-state index in [9.17, 15) is 8.42 Å². The Morgan fingerprint density at radius 2 is 2.11 bits per heavy atom. The van der Waals surface area contributed by atoms with Crippen LogP contribution in [-0.4, -0.2) is 54.1 Å². The Morgan fingerprint density at radius 3 is 2.68 bits per heavy atom. The first-order chi connectivity index (χ1) is 8.92. The first kappa shape index (κ1) is 15.7. The molecule has 0 unspecified atom stereocenters. The van der Waals surface area contributed by atoms with Crippen LogP contribution >= 0.6 is 0 Å². The third kappa shape index (κ3) is 5.90. The quantitative estimate of drug-likeness (QED) is 0.645. The van der Waals surface area contributed by atoms with E-state index in [1.165, 1.54) is 23.7 Å². The van der Waals surface area contributed by atoms with Crippen LogP contribution in [0.5, 0.6) is 0 Å². The van der Waals surface area contributed by atoms with E-state index in [0.717, 1.165) is 13.0 Å². The van der Waals surface area contributed by atoms with Gasteiger partial charge < -0.3 is 5.32 Å². The van der Waals surface area contributed by atoms with Gasteiger partial charge in [0.2, 0.25) is 0 Å². The van der Waals surface area contributed by atoms with Gasteiger partial charge in [0.25, 0.3) is 5.95 Å². The molecule has 0 amide bonds. The van der Waals surface area contributed by atoms with E-state index in [-0.39, 0.29) is 5.95 Å². The first-order valence-electron chi connectivity index (χ1n) is 6.03. The molecule has 2 N–H and O–H groups in total. The minimum absolute atomic E-state index is 0.0327. The van der Waals surface area contributed by atoms with Crippen LogP contribution in [0.25, 0.3) is 0 Å². The minimum Gasteiger partial charge on any atom is -0.314 e. The molecule has 0 bridgehead atoms. The van der Waals surface area contributed by atoms with Gasteiger partial charge in [-0.15, -0.1) is 5.10 Å². The molecule has 1 rings (SSSR count). The molecule has 1 aromatic rings. The van der Waals surface area contributed by atoms with E-state index in [2.05, 4.69) is 25.2 Å². The van der Waals surface area contributed by atoms with Gasteiger partial charge in [-0.1, -0.05) is 13.8 Å². The fourth-order valence-electron chi connectivity index (χ4n) is 1.30. The molecular weight excluding hydrogens is 268 g/mol. The average Bonchev–Trinajstić information content (AvgIpc) is 2.34. The van der Waals surface area contributed by atoms with Crippen LogP contribution in [0.3, 0.4) is 0 Å². The SMILES string of the molecule is CC(C)NCCCN(C)S(=O)(=O)Nc1nccnn1. The largest absolute Gasteiger partial charge is 0.314 e. The van der Waals surface area contributed by atoms with Crippen molar-refractivity contribution < 1.29 is 8.42 Å². The van der Waals surface area contributed by atoms with E-state index in [1.807, 2.05) is 13.8 Å². The van der Waals surface area contributed by atoms with Gasteiger partial charge in [-0.2, -0.15) is 17.8 Å². The lowest BCUT2D eigenvalue weighted by Crippen LogP contribution is -2.35. The second-order valence-electron chi connectivity index (χ2n) is 4.36. The average molecular weight is 288 g/mol. The fourth-order valence-corrected chi connectivity index (χ4v) is 2.15. The number of hydrogen-bond donors (Lipinski definition) is 2. The standard InChI is InChI=1S/C10H20N6O2S/c1-9(2)11-5-4-8-16(3)19(17,18)15-10-12-6-7-13-14-10/h6-7,9,11H,4-5,8H2,1-3H3,(H,12,14,15). The van der Waals surface area contributed by atoms with E-state index >= 15 is 0 Å². The zero-order valence-electron chi connectivity index (χ0n) is 11.4. The van der Waals surface area contributed by atoms with Crippen LogP contribution < -0.4 is 10.0 Å². The second-order valence-corrected chi connectivity index (χ2v) is 6.13. The van der Waals surface area contributed by atoms with Crippen molar-refractivity contribution in [3.63, 3.8) is 0 Å². The van der Waals surface area contributed by atoms with Gasteiger partial charge in [0.05, 0.1) is 12.4 Å². The molecule has 0 aliphatic carbocycles. The van der Waals surface area contributed by atoms with Gasteiger partial charge in [0.1, 0.15) is 0 Å². The number of aromatic nitrogens is 3. The Balaban J connectivity index is 2.44. The first-order valence-corrected chi connectivity index (χ1v) is 7.47. The molecular formula is C10H20N6O2S. The van der Waals surface area contributed by atoms with Gasteiger partial charge in [0.15, 0.2) is 0 Å². The predicted molar refractivity (Wildman–Crippen MR) is 72.8 cm³/mol. The van der Waals surface area contributed by atoms with E-state index in [0.29, 0.717) is 12.6 Å². The van der Waals surface area contributed by atoms with Crippen LogP contribution in [0.4, 0.5) is 5.95 Å². The van der Waals surface area contributed by atoms with Crippen LogP contribution in [0.15, 0.2) is 12.4 Å². The Bertz CT molecular complexity index is 464. The van der Waals surface area contributed by atoms with Crippen molar-refractivity contribution in [1.82, 2.24) is 24.8 Å². The van der Waals surface area contributed by atoms with Crippen LogP contribution in [-0.2, 0) is 10.2 Å². The van der Waals surface area contributed by atoms with E-state index in [4.69, 9.17) is 0 Å². The van der Waals surface area contributed by atoms with Crippen LogP contribution in [0.1, 0.15) is 20.3 Å². The highest BCUT2D eigenvalue weighted by molar-refractivity contribution is 7.90.